The average Bonchev–Trinajstić information content (AvgIpc) is 2.42. The molecule has 0 fully saturated rings. The Morgan fingerprint density at radius 2 is 1.71 bits per heavy atom. The van der Waals surface area contributed by atoms with Gasteiger partial charge in [-0.1, -0.05) is 68.9 Å². The molecule has 0 aromatic heterocycles. The summed E-state index contributed by atoms with van der Waals surface area (Å²) in [6.07, 6.45) is 0.258. The molecule has 0 amide bonds. The van der Waals surface area contributed by atoms with E-state index in [4.69, 9.17) is 4.43 Å². The fourth-order valence-corrected chi connectivity index (χ4v) is 4.59. The highest BCUT2D eigenvalue weighted by Gasteiger charge is 2.27. The molecule has 0 N–H and O–H groups in total. The van der Waals surface area contributed by atoms with Gasteiger partial charge in [0.1, 0.15) is 0 Å². The Balaban J connectivity index is 2.28. The quantitative estimate of drug-likeness (QED) is 0.595. The maximum atomic E-state index is 12.5. The van der Waals surface area contributed by atoms with Gasteiger partial charge in [0, 0.05) is 11.2 Å². The summed E-state index contributed by atoms with van der Waals surface area (Å²) in [5, 5.41) is 2.59. The van der Waals surface area contributed by atoms with Crippen molar-refractivity contribution in [3.63, 3.8) is 0 Å². The SMILES string of the molecule is CC(C)(C)SC(=O)C[C@@H](O[Si](C)(C)C)c1ccc2ccccc2c1. The van der Waals surface area contributed by atoms with E-state index in [-0.39, 0.29) is 16.0 Å². The van der Waals surface area contributed by atoms with Crippen molar-refractivity contribution < 1.29 is 9.22 Å². The van der Waals surface area contributed by atoms with Crippen LogP contribution in [0.4, 0.5) is 0 Å². The molecule has 0 aliphatic carbocycles. The monoisotopic (exact) mass is 360 g/mol. The van der Waals surface area contributed by atoms with Gasteiger partial charge < -0.3 is 4.43 Å². The van der Waals surface area contributed by atoms with Crippen LogP contribution in [0.2, 0.25) is 19.6 Å². The molecule has 0 heterocycles. The first-order valence-corrected chi connectivity index (χ1v) is 12.6. The van der Waals surface area contributed by atoms with Crippen LogP contribution in [0.3, 0.4) is 0 Å². The summed E-state index contributed by atoms with van der Waals surface area (Å²) in [7, 11) is -1.76. The van der Waals surface area contributed by atoms with Crippen LogP contribution in [0.1, 0.15) is 38.9 Å². The first-order valence-electron chi connectivity index (χ1n) is 8.42. The van der Waals surface area contributed by atoms with Crippen molar-refractivity contribution in [1.82, 2.24) is 0 Å². The van der Waals surface area contributed by atoms with Crippen molar-refractivity contribution >= 4 is 36.0 Å². The summed E-state index contributed by atoms with van der Waals surface area (Å²) >= 11 is 1.41. The van der Waals surface area contributed by atoms with E-state index in [0.29, 0.717) is 6.42 Å². The highest BCUT2D eigenvalue weighted by Crippen LogP contribution is 2.33. The zero-order valence-electron chi connectivity index (χ0n) is 15.6. The number of carbonyl (C=O) groups excluding carboxylic acids is 1. The lowest BCUT2D eigenvalue weighted by Crippen LogP contribution is -2.29. The second kappa shape index (κ2) is 7.42. The molecular formula is C20H28O2SSi. The van der Waals surface area contributed by atoms with Crippen LogP contribution in [0.25, 0.3) is 10.8 Å². The Hall–Kier alpha value is -1.10. The molecule has 1 atom stereocenters. The van der Waals surface area contributed by atoms with Gasteiger partial charge in [0.25, 0.3) is 0 Å². The van der Waals surface area contributed by atoms with Crippen molar-refractivity contribution in [3.8, 4) is 0 Å². The van der Waals surface area contributed by atoms with Crippen molar-refractivity contribution in [2.24, 2.45) is 0 Å². The summed E-state index contributed by atoms with van der Waals surface area (Å²) in [6, 6.07) is 14.7. The molecule has 0 bridgehead atoms. The van der Waals surface area contributed by atoms with Crippen molar-refractivity contribution in [3.05, 3.63) is 48.0 Å². The first-order chi connectivity index (χ1) is 11.0. The molecule has 2 aromatic rings. The summed E-state index contributed by atoms with van der Waals surface area (Å²) in [6.45, 7) is 12.7. The van der Waals surface area contributed by atoms with Gasteiger partial charge in [-0.25, -0.2) is 0 Å². The van der Waals surface area contributed by atoms with E-state index in [1.807, 2.05) is 12.1 Å². The predicted octanol–water partition coefficient (Wildman–Crippen LogP) is 6.18. The van der Waals surface area contributed by atoms with E-state index in [1.165, 1.54) is 22.5 Å². The number of rotatable bonds is 5. The van der Waals surface area contributed by atoms with E-state index >= 15 is 0 Å². The van der Waals surface area contributed by atoms with E-state index in [1.54, 1.807) is 0 Å². The highest BCUT2D eigenvalue weighted by molar-refractivity contribution is 8.14. The first kappa shape index (κ1) is 19.2. The molecule has 24 heavy (non-hydrogen) atoms. The van der Waals surface area contributed by atoms with Gasteiger partial charge >= 0.3 is 0 Å². The topological polar surface area (TPSA) is 26.3 Å². The van der Waals surface area contributed by atoms with E-state index < -0.39 is 8.32 Å². The maximum Gasteiger partial charge on any atom is 0.192 e. The molecule has 0 radical (unpaired) electrons. The molecule has 0 unspecified atom stereocenters. The van der Waals surface area contributed by atoms with E-state index in [9.17, 15) is 4.79 Å². The van der Waals surface area contributed by atoms with Gasteiger partial charge in [-0.3, -0.25) is 4.79 Å². The minimum atomic E-state index is -1.76. The normalized spacial score (nSPS) is 13.9. The summed E-state index contributed by atoms with van der Waals surface area (Å²) in [4.78, 5) is 12.5. The lowest BCUT2D eigenvalue weighted by molar-refractivity contribution is -0.112. The Bertz CT molecular complexity index is 713. The molecular weight excluding hydrogens is 332 g/mol. The third-order valence-electron chi connectivity index (χ3n) is 3.41. The lowest BCUT2D eigenvalue weighted by atomic mass is 10.0. The molecule has 0 aliphatic rings. The van der Waals surface area contributed by atoms with E-state index in [0.717, 1.165) is 5.56 Å². The minimum absolute atomic E-state index is 0.0653. The second-order valence-electron chi connectivity index (χ2n) is 8.12. The predicted molar refractivity (Wildman–Crippen MR) is 108 cm³/mol. The summed E-state index contributed by atoms with van der Waals surface area (Å²) in [5.41, 5.74) is 1.10. The van der Waals surface area contributed by atoms with Crippen LogP contribution in [0.15, 0.2) is 42.5 Å². The Morgan fingerprint density at radius 3 is 2.29 bits per heavy atom. The molecule has 0 saturated carbocycles. The van der Waals surface area contributed by atoms with Crippen molar-refractivity contribution in [2.75, 3.05) is 0 Å². The molecule has 0 aliphatic heterocycles. The van der Waals surface area contributed by atoms with Gasteiger partial charge in [-0.15, -0.1) is 0 Å². The standard InChI is InChI=1S/C20H28O2SSi/c1-20(2,3)23-19(21)14-18(22-24(4,5)6)17-12-11-15-9-7-8-10-16(15)13-17/h7-13,18H,14H2,1-6H3/t18-/m1/s1. The Labute approximate surface area is 151 Å². The molecule has 4 heteroatoms. The van der Waals surface area contributed by atoms with E-state index in [2.05, 4.69) is 70.7 Å². The maximum absolute atomic E-state index is 12.5. The smallest absolute Gasteiger partial charge is 0.192 e. The van der Waals surface area contributed by atoms with Crippen LogP contribution >= 0.6 is 11.8 Å². The Morgan fingerprint density at radius 1 is 1.08 bits per heavy atom. The van der Waals surface area contributed by atoms with Gasteiger partial charge in [0.15, 0.2) is 13.4 Å². The molecule has 130 valence electrons. The molecule has 0 spiro atoms. The van der Waals surface area contributed by atoms with Gasteiger partial charge in [0.2, 0.25) is 0 Å². The van der Waals surface area contributed by atoms with Crippen molar-refractivity contribution in [2.45, 2.75) is 57.7 Å². The highest BCUT2D eigenvalue weighted by atomic mass is 32.2. The third-order valence-corrected chi connectivity index (χ3v) is 5.41. The van der Waals surface area contributed by atoms with Gasteiger partial charge in [-0.2, -0.15) is 0 Å². The molecule has 0 saturated heterocycles. The Kier molecular flexibility index (Phi) is 5.94. The number of hydrogen-bond acceptors (Lipinski definition) is 3. The van der Waals surface area contributed by atoms with Crippen LogP contribution in [0, 0.1) is 0 Å². The number of carbonyl (C=O) groups is 1. The molecule has 2 aromatic carbocycles. The molecule has 2 nitrogen and oxygen atoms in total. The number of thioether (sulfide) groups is 1. The van der Waals surface area contributed by atoms with Crippen LogP contribution in [-0.2, 0) is 9.22 Å². The largest absolute Gasteiger partial charge is 0.410 e. The number of hydrogen-bond donors (Lipinski definition) is 0. The number of benzene rings is 2. The lowest BCUT2D eigenvalue weighted by Gasteiger charge is -2.27. The number of fused-ring (bicyclic) bond motifs is 1. The minimum Gasteiger partial charge on any atom is -0.410 e. The van der Waals surface area contributed by atoms with Gasteiger partial charge in [-0.05, 0) is 42.0 Å². The van der Waals surface area contributed by atoms with Crippen LogP contribution in [-0.4, -0.2) is 18.2 Å². The summed E-state index contributed by atoms with van der Waals surface area (Å²) in [5.74, 6) is 0. The zero-order valence-corrected chi connectivity index (χ0v) is 17.4. The van der Waals surface area contributed by atoms with Gasteiger partial charge in [0.05, 0.1) is 6.10 Å². The summed E-state index contributed by atoms with van der Waals surface area (Å²) < 4.78 is 6.30. The van der Waals surface area contributed by atoms with Crippen molar-refractivity contribution in [1.29, 1.82) is 0 Å². The van der Waals surface area contributed by atoms with Crippen LogP contribution in [0.5, 0.6) is 0 Å². The zero-order chi connectivity index (χ0) is 18.0. The average molecular weight is 361 g/mol. The fourth-order valence-electron chi connectivity index (χ4n) is 2.60. The molecule has 2 rings (SSSR count). The van der Waals surface area contributed by atoms with Crippen LogP contribution < -0.4 is 0 Å². The third kappa shape index (κ3) is 6.08. The fraction of sp³-hybridized carbons (Fsp3) is 0.450. The second-order valence-corrected chi connectivity index (χ2v) is 14.5.